The third-order valence-corrected chi connectivity index (χ3v) is 4.70. The van der Waals surface area contributed by atoms with E-state index in [1.54, 1.807) is 54.6 Å². The van der Waals surface area contributed by atoms with Gasteiger partial charge in [-0.05, 0) is 66.2 Å². The van der Waals surface area contributed by atoms with Gasteiger partial charge in [0, 0.05) is 15.7 Å². The highest BCUT2D eigenvalue weighted by Crippen LogP contribution is 2.21. The molecule has 2 amide bonds. The van der Waals surface area contributed by atoms with E-state index in [0.717, 1.165) is 5.56 Å². The lowest BCUT2D eigenvalue weighted by molar-refractivity contribution is -0.118. The van der Waals surface area contributed by atoms with Crippen molar-refractivity contribution in [3.63, 3.8) is 0 Å². The van der Waals surface area contributed by atoms with Crippen LogP contribution >= 0.6 is 34.8 Å². The molecule has 3 aromatic rings. The van der Waals surface area contributed by atoms with Crippen molar-refractivity contribution in [2.24, 2.45) is 5.10 Å². The van der Waals surface area contributed by atoms with Crippen molar-refractivity contribution in [1.29, 1.82) is 0 Å². The van der Waals surface area contributed by atoms with E-state index in [2.05, 4.69) is 15.8 Å². The molecule has 0 spiro atoms. The van der Waals surface area contributed by atoms with Gasteiger partial charge >= 0.3 is 0 Å². The van der Waals surface area contributed by atoms with Gasteiger partial charge in [0.25, 0.3) is 11.8 Å². The zero-order valence-electron chi connectivity index (χ0n) is 15.9. The van der Waals surface area contributed by atoms with E-state index in [1.807, 2.05) is 0 Å². The Hall–Kier alpha value is -3.06. The van der Waals surface area contributed by atoms with Crippen LogP contribution in [0.2, 0.25) is 15.1 Å². The molecule has 0 unspecified atom stereocenters. The van der Waals surface area contributed by atoms with Crippen LogP contribution in [0.4, 0.5) is 5.69 Å². The number of anilines is 1. The van der Waals surface area contributed by atoms with Gasteiger partial charge < -0.3 is 10.1 Å². The Morgan fingerprint density at radius 3 is 2.39 bits per heavy atom. The smallest absolute Gasteiger partial charge is 0.272 e. The summed E-state index contributed by atoms with van der Waals surface area (Å²) in [4.78, 5) is 24.1. The van der Waals surface area contributed by atoms with Crippen LogP contribution < -0.4 is 15.5 Å². The molecular formula is C22H16Cl3N3O3. The first-order valence-corrected chi connectivity index (χ1v) is 10.1. The summed E-state index contributed by atoms with van der Waals surface area (Å²) in [7, 11) is 0. The predicted molar refractivity (Wildman–Crippen MR) is 124 cm³/mol. The second-order valence-electron chi connectivity index (χ2n) is 6.24. The molecule has 0 radical (unpaired) electrons. The number of hydrogen-bond acceptors (Lipinski definition) is 4. The van der Waals surface area contributed by atoms with E-state index in [0.29, 0.717) is 21.5 Å². The van der Waals surface area contributed by atoms with Crippen molar-refractivity contribution in [2.75, 3.05) is 11.9 Å². The number of carbonyl (C=O) groups is 2. The Balaban J connectivity index is 1.48. The molecule has 0 fully saturated rings. The molecule has 0 aromatic heterocycles. The molecule has 0 aliphatic heterocycles. The zero-order chi connectivity index (χ0) is 22.2. The lowest BCUT2D eigenvalue weighted by Gasteiger charge is -2.08. The van der Waals surface area contributed by atoms with E-state index < -0.39 is 5.91 Å². The van der Waals surface area contributed by atoms with Crippen LogP contribution in [-0.4, -0.2) is 24.6 Å². The summed E-state index contributed by atoms with van der Waals surface area (Å²) in [6.07, 6.45) is 1.47. The number of nitrogens with zero attached hydrogens (tertiary/aromatic N) is 1. The molecule has 9 heteroatoms. The van der Waals surface area contributed by atoms with E-state index in [4.69, 9.17) is 39.5 Å². The van der Waals surface area contributed by atoms with Crippen LogP contribution in [0, 0.1) is 0 Å². The van der Waals surface area contributed by atoms with Crippen molar-refractivity contribution in [1.82, 2.24) is 5.43 Å². The van der Waals surface area contributed by atoms with Crippen LogP contribution in [-0.2, 0) is 4.79 Å². The lowest BCUT2D eigenvalue weighted by atomic mass is 10.2. The van der Waals surface area contributed by atoms with Gasteiger partial charge in [-0.25, -0.2) is 5.43 Å². The molecule has 0 bridgehead atoms. The van der Waals surface area contributed by atoms with Crippen LogP contribution in [0.15, 0.2) is 71.8 Å². The Bertz CT molecular complexity index is 1120. The van der Waals surface area contributed by atoms with Gasteiger partial charge in [0.1, 0.15) is 5.75 Å². The van der Waals surface area contributed by atoms with E-state index in [-0.39, 0.29) is 23.1 Å². The van der Waals surface area contributed by atoms with Crippen LogP contribution in [0.3, 0.4) is 0 Å². The summed E-state index contributed by atoms with van der Waals surface area (Å²) in [6.45, 7) is -0.155. The number of ether oxygens (including phenoxy) is 1. The molecular weight excluding hydrogens is 461 g/mol. The van der Waals surface area contributed by atoms with Crippen molar-refractivity contribution in [2.45, 2.75) is 0 Å². The Kier molecular flexibility index (Phi) is 7.89. The predicted octanol–water partition coefficient (Wildman–Crippen LogP) is 5.43. The number of carbonyl (C=O) groups excluding carboxylic acids is 2. The molecule has 3 rings (SSSR count). The number of hydrogen-bond donors (Lipinski definition) is 2. The maximum Gasteiger partial charge on any atom is 0.272 e. The topological polar surface area (TPSA) is 79.8 Å². The first-order valence-electron chi connectivity index (χ1n) is 8.97. The summed E-state index contributed by atoms with van der Waals surface area (Å²) in [6, 6.07) is 18.2. The fourth-order valence-electron chi connectivity index (χ4n) is 2.46. The van der Waals surface area contributed by atoms with E-state index >= 15 is 0 Å². The summed E-state index contributed by atoms with van der Waals surface area (Å²) in [5.74, 6) is -0.254. The standard InChI is InChI=1S/C22H16Cl3N3O3/c23-15-2-1-3-17(10-15)27-21(29)13-31-18-7-4-14(5-8-18)12-26-28-22(30)19-9-6-16(24)11-20(19)25/h1-12H,13H2,(H,27,29)(H,28,30)/b26-12-. The monoisotopic (exact) mass is 475 g/mol. The molecule has 0 saturated carbocycles. The Labute approximate surface area is 193 Å². The molecule has 3 aromatic carbocycles. The van der Waals surface area contributed by atoms with Crippen molar-refractivity contribution in [3.8, 4) is 5.75 Å². The number of halogens is 3. The van der Waals surface area contributed by atoms with Gasteiger partial charge in [-0.1, -0.05) is 40.9 Å². The second kappa shape index (κ2) is 10.8. The van der Waals surface area contributed by atoms with Gasteiger partial charge in [0.15, 0.2) is 6.61 Å². The van der Waals surface area contributed by atoms with Crippen molar-refractivity contribution >= 4 is 58.5 Å². The van der Waals surface area contributed by atoms with Gasteiger partial charge in [-0.15, -0.1) is 0 Å². The highest BCUT2D eigenvalue weighted by Gasteiger charge is 2.09. The number of amides is 2. The fourth-order valence-corrected chi connectivity index (χ4v) is 3.15. The number of nitrogens with one attached hydrogen (secondary N) is 2. The maximum absolute atomic E-state index is 12.1. The minimum atomic E-state index is -0.455. The SMILES string of the molecule is O=C(COc1ccc(/C=N\NC(=O)c2ccc(Cl)cc2Cl)cc1)Nc1cccc(Cl)c1. The van der Waals surface area contributed by atoms with Gasteiger partial charge in [-0.3, -0.25) is 9.59 Å². The molecule has 31 heavy (non-hydrogen) atoms. The molecule has 0 aliphatic rings. The van der Waals surface area contributed by atoms with Crippen LogP contribution in [0.1, 0.15) is 15.9 Å². The summed E-state index contributed by atoms with van der Waals surface area (Å²) in [5.41, 5.74) is 3.98. The Morgan fingerprint density at radius 1 is 0.935 bits per heavy atom. The van der Waals surface area contributed by atoms with Crippen molar-refractivity contribution < 1.29 is 14.3 Å². The Morgan fingerprint density at radius 2 is 1.68 bits per heavy atom. The molecule has 158 valence electrons. The lowest BCUT2D eigenvalue weighted by Crippen LogP contribution is -2.20. The van der Waals surface area contributed by atoms with Gasteiger partial charge in [0.05, 0.1) is 16.8 Å². The normalized spacial score (nSPS) is 10.7. The maximum atomic E-state index is 12.1. The quantitative estimate of drug-likeness (QED) is 0.352. The molecule has 2 N–H and O–H groups in total. The summed E-state index contributed by atoms with van der Waals surface area (Å²) in [5, 5.41) is 7.81. The number of hydrazone groups is 1. The molecule has 0 heterocycles. The van der Waals surface area contributed by atoms with Crippen molar-refractivity contribution in [3.05, 3.63) is 92.9 Å². The number of rotatable bonds is 7. The zero-order valence-corrected chi connectivity index (χ0v) is 18.2. The fraction of sp³-hybridized carbons (Fsp3) is 0.0455. The highest BCUT2D eigenvalue weighted by molar-refractivity contribution is 6.36. The minimum absolute atomic E-state index is 0.155. The largest absolute Gasteiger partial charge is 0.484 e. The average Bonchev–Trinajstić information content (AvgIpc) is 2.73. The van der Waals surface area contributed by atoms with Crippen LogP contribution in [0.25, 0.3) is 0 Å². The van der Waals surface area contributed by atoms with E-state index in [9.17, 15) is 9.59 Å². The number of benzene rings is 3. The third-order valence-electron chi connectivity index (χ3n) is 3.91. The highest BCUT2D eigenvalue weighted by atomic mass is 35.5. The molecule has 6 nitrogen and oxygen atoms in total. The molecule has 0 aliphatic carbocycles. The third kappa shape index (κ3) is 7.00. The first-order chi connectivity index (χ1) is 14.9. The first kappa shape index (κ1) is 22.6. The van der Waals surface area contributed by atoms with Gasteiger partial charge in [0.2, 0.25) is 0 Å². The van der Waals surface area contributed by atoms with Gasteiger partial charge in [-0.2, -0.15) is 5.10 Å². The minimum Gasteiger partial charge on any atom is -0.484 e. The summed E-state index contributed by atoms with van der Waals surface area (Å²) < 4.78 is 5.46. The van der Waals surface area contributed by atoms with E-state index in [1.165, 1.54) is 18.3 Å². The summed E-state index contributed by atoms with van der Waals surface area (Å²) >= 11 is 17.7. The molecule has 0 saturated heterocycles. The van der Waals surface area contributed by atoms with Crippen LogP contribution in [0.5, 0.6) is 5.75 Å². The second-order valence-corrected chi connectivity index (χ2v) is 7.52. The average molecular weight is 477 g/mol. The molecule has 0 atom stereocenters.